The first kappa shape index (κ1) is 26.1. The number of benzene rings is 2. The van der Waals surface area contributed by atoms with E-state index in [0.717, 1.165) is 11.5 Å². The van der Waals surface area contributed by atoms with E-state index < -0.39 is 0 Å². The van der Waals surface area contributed by atoms with Gasteiger partial charge in [-0.3, -0.25) is 4.79 Å². The number of carbonyl (C=O) groups excluding carboxylic acids is 1. The highest BCUT2D eigenvalue weighted by Gasteiger charge is 2.32. The summed E-state index contributed by atoms with van der Waals surface area (Å²) in [6.45, 7) is 14.6. The molecule has 0 spiro atoms. The highest BCUT2D eigenvalue weighted by atomic mass is 32.2. The molecule has 0 heterocycles. The number of hydrogen-bond donors (Lipinski definition) is 0. The third kappa shape index (κ3) is 7.75. The van der Waals surface area contributed by atoms with Gasteiger partial charge >= 0.3 is 0 Å². The predicted molar refractivity (Wildman–Crippen MR) is 132 cm³/mol. The van der Waals surface area contributed by atoms with Gasteiger partial charge in [-0.25, -0.2) is 0 Å². The molecule has 2 rings (SSSR count). The van der Waals surface area contributed by atoms with Gasteiger partial charge in [0.05, 0.1) is 25.1 Å². The van der Waals surface area contributed by atoms with E-state index in [1.54, 1.807) is 11.8 Å². The van der Waals surface area contributed by atoms with Crippen LogP contribution in [-0.2, 0) is 4.74 Å². The molecule has 0 aromatic heterocycles. The Morgan fingerprint density at radius 2 is 1.53 bits per heavy atom. The van der Waals surface area contributed by atoms with Crippen LogP contribution >= 0.6 is 11.8 Å². The lowest BCUT2D eigenvalue weighted by Crippen LogP contribution is -2.32. The third-order valence-electron chi connectivity index (χ3n) is 4.63. The first-order valence-corrected chi connectivity index (χ1v) is 12.3. The summed E-state index contributed by atoms with van der Waals surface area (Å²) in [7, 11) is 0. The van der Waals surface area contributed by atoms with Crippen LogP contribution in [0.3, 0.4) is 0 Å². The molecule has 6 heteroatoms. The van der Waals surface area contributed by atoms with Gasteiger partial charge in [0.2, 0.25) is 0 Å². The molecule has 2 aromatic carbocycles. The van der Waals surface area contributed by atoms with E-state index in [0.29, 0.717) is 49.2 Å². The summed E-state index contributed by atoms with van der Waals surface area (Å²) in [6, 6.07) is 12.8. The molecular formula is C26H36O5S. The maximum Gasteiger partial charge on any atom is 0.176 e. The number of ketones is 1. The highest BCUT2D eigenvalue weighted by molar-refractivity contribution is 8.00. The summed E-state index contributed by atoms with van der Waals surface area (Å²) < 4.78 is 22.7. The van der Waals surface area contributed by atoms with Crippen molar-refractivity contribution < 1.29 is 23.7 Å². The Morgan fingerprint density at radius 1 is 0.875 bits per heavy atom. The topological polar surface area (TPSA) is 54.0 Å². The Labute approximate surface area is 196 Å². The lowest BCUT2D eigenvalue weighted by molar-refractivity contribution is 0.0950. The van der Waals surface area contributed by atoms with E-state index in [2.05, 4.69) is 20.8 Å². The van der Waals surface area contributed by atoms with E-state index in [1.807, 2.05) is 63.2 Å². The van der Waals surface area contributed by atoms with Crippen LogP contribution in [0, 0.1) is 5.41 Å². The molecular weight excluding hydrogens is 424 g/mol. The molecule has 176 valence electrons. The van der Waals surface area contributed by atoms with Gasteiger partial charge in [-0.2, -0.15) is 0 Å². The zero-order valence-corrected chi connectivity index (χ0v) is 20.9. The summed E-state index contributed by atoms with van der Waals surface area (Å²) >= 11 is 1.66. The first-order valence-electron chi connectivity index (χ1n) is 11.2. The molecule has 0 N–H and O–H groups in total. The van der Waals surface area contributed by atoms with Gasteiger partial charge in [-0.05, 0) is 62.6 Å². The number of hydrogen-bond acceptors (Lipinski definition) is 6. The summed E-state index contributed by atoms with van der Waals surface area (Å²) in [5, 5.41) is -0.148. The third-order valence-corrected chi connectivity index (χ3v) is 6.29. The molecule has 1 unspecified atom stereocenters. The number of ether oxygens (including phenoxy) is 4. The monoisotopic (exact) mass is 460 g/mol. The van der Waals surface area contributed by atoms with Crippen LogP contribution in [0.4, 0.5) is 0 Å². The Kier molecular flexibility index (Phi) is 10.4. The van der Waals surface area contributed by atoms with Gasteiger partial charge in [0, 0.05) is 24.0 Å². The molecule has 0 aliphatic heterocycles. The lowest BCUT2D eigenvalue weighted by atomic mass is 9.87. The van der Waals surface area contributed by atoms with Crippen LogP contribution < -0.4 is 14.2 Å². The van der Waals surface area contributed by atoms with Crippen molar-refractivity contribution in [2.45, 2.75) is 46.8 Å². The lowest BCUT2D eigenvalue weighted by Gasteiger charge is -2.29. The van der Waals surface area contributed by atoms with E-state index in [1.165, 1.54) is 0 Å². The van der Waals surface area contributed by atoms with E-state index >= 15 is 0 Å². The Balaban J connectivity index is 2.13. The molecule has 32 heavy (non-hydrogen) atoms. The molecule has 0 saturated heterocycles. The Bertz CT molecular complexity index is 842. The number of carbonyl (C=O) groups is 1. The van der Waals surface area contributed by atoms with Gasteiger partial charge in [0.25, 0.3) is 0 Å². The van der Waals surface area contributed by atoms with Crippen LogP contribution in [-0.4, -0.2) is 43.2 Å². The van der Waals surface area contributed by atoms with Gasteiger partial charge in [0.15, 0.2) is 17.3 Å². The molecule has 2 aromatic rings. The Hall–Kier alpha value is -2.18. The second kappa shape index (κ2) is 12.8. The van der Waals surface area contributed by atoms with Crippen molar-refractivity contribution in [1.29, 1.82) is 0 Å². The second-order valence-electron chi connectivity index (χ2n) is 8.28. The van der Waals surface area contributed by atoms with Crippen LogP contribution in [0.1, 0.15) is 51.9 Å². The number of Topliss-reactive ketones (excluding diaryl/α,β-unsaturated/α-hetero) is 1. The fraction of sp³-hybridized carbons (Fsp3) is 0.500. The van der Waals surface area contributed by atoms with Crippen molar-refractivity contribution >= 4 is 17.5 Å². The van der Waals surface area contributed by atoms with Gasteiger partial charge < -0.3 is 18.9 Å². The summed E-state index contributed by atoms with van der Waals surface area (Å²) in [4.78, 5) is 13.2. The molecule has 0 radical (unpaired) electrons. The van der Waals surface area contributed by atoms with Gasteiger partial charge in [-0.1, -0.05) is 20.8 Å². The molecule has 0 bridgehead atoms. The fourth-order valence-corrected chi connectivity index (χ4v) is 4.39. The number of rotatable bonds is 13. The van der Waals surface area contributed by atoms with Crippen molar-refractivity contribution in [3.8, 4) is 23.0 Å². The SMILES string of the molecule is CCOCCSC(C(=O)c1ccc(Oc2ccc(OCC)cc2OCC)cc1)C(C)(C)C. The molecule has 0 aliphatic carbocycles. The molecule has 1 atom stereocenters. The highest BCUT2D eigenvalue weighted by Crippen LogP contribution is 2.36. The molecule has 0 amide bonds. The molecule has 0 fully saturated rings. The average molecular weight is 461 g/mol. The smallest absolute Gasteiger partial charge is 0.176 e. The zero-order valence-electron chi connectivity index (χ0n) is 20.1. The van der Waals surface area contributed by atoms with E-state index in [-0.39, 0.29) is 16.4 Å². The summed E-state index contributed by atoms with van der Waals surface area (Å²) in [5.41, 5.74) is 0.524. The maximum atomic E-state index is 13.2. The van der Waals surface area contributed by atoms with Crippen LogP contribution in [0.25, 0.3) is 0 Å². The van der Waals surface area contributed by atoms with E-state index in [9.17, 15) is 4.79 Å². The molecule has 5 nitrogen and oxygen atoms in total. The first-order chi connectivity index (χ1) is 15.3. The van der Waals surface area contributed by atoms with Crippen molar-refractivity contribution in [2.24, 2.45) is 5.41 Å². The van der Waals surface area contributed by atoms with Gasteiger partial charge in [0.1, 0.15) is 11.5 Å². The maximum absolute atomic E-state index is 13.2. The minimum absolute atomic E-state index is 0.127. The summed E-state index contributed by atoms with van der Waals surface area (Å²) in [5.74, 6) is 3.52. The standard InChI is InChI=1S/C26H36O5S/c1-7-28-16-17-32-25(26(4,5)6)24(27)19-10-12-20(13-11-19)31-22-15-14-21(29-8-2)18-23(22)30-9-3/h10-15,18,25H,7-9,16-17H2,1-6H3. The van der Waals surface area contributed by atoms with Crippen molar-refractivity contribution in [3.05, 3.63) is 48.0 Å². The van der Waals surface area contributed by atoms with Crippen LogP contribution in [0.5, 0.6) is 23.0 Å². The van der Waals surface area contributed by atoms with Crippen molar-refractivity contribution in [1.82, 2.24) is 0 Å². The summed E-state index contributed by atoms with van der Waals surface area (Å²) in [6.07, 6.45) is 0. The van der Waals surface area contributed by atoms with Crippen molar-refractivity contribution in [2.75, 3.05) is 32.2 Å². The minimum Gasteiger partial charge on any atom is -0.494 e. The number of thioether (sulfide) groups is 1. The largest absolute Gasteiger partial charge is 0.494 e. The minimum atomic E-state index is -0.155. The molecule has 0 saturated carbocycles. The quantitative estimate of drug-likeness (QED) is 0.247. The predicted octanol–water partition coefficient (Wildman–Crippen LogP) is 6.64. The zero-order chi connectivity index (χ0) is 23.6. The fourth-order valence-electron chi connectivity index (χ4n) is 3.15. The second-order valence-corrected chi connectivity index (χ2v) is 9.49. The normalized spacial score (nSPS) is 12.3. The van der Waals surface area contributed by atoms with Crippen LogP contribution in [0.15, 0.2) is 42.5 Å². The van der Waals surface area contributed by atoms with Crippen molar-refractivity contribution in [3.63, 3.8) is 0 Å². The van der Waals surface area contributed by atoms with Crippen LogP contribution in [0.2, 0.25) is 0 Å². The molecule has 0 aliphatic rings. The Morgan fingerprint density at radius 3 is 2.12 bits per heavy atom. The average Bonchev–Trinajstić information content (AvgIpc) is 2.75. The van der Waals surface area contributed by atoms with E-state index in [4.69, 9.17) is 18.9 Å². The van der Waals surface area contributed by atoms with Gasteiger partial charge in [-0.15, -0.1) is 11.8 Å².